The van der Waals surface area contributed by atoms with Crippen molar-refractivity contribution in [1.29, 1.82) is 0 Å². The van der Waals surface area contributed by atoms with Gasteiger partial charge in [0.1, 0.15) is 5.82 Å². The summed E-state index contributed by atoms with van der Waals surface area (Å²) in [6, 6.07) is 13.7. The minimum atomic E-state index is -0.120. The molecule has 4 heteroatoms. The second-order valence-corrected chi connectivity index (χ2v) is 5.58. The largest absolute Gasteiger partial charge is 0.321 e. The molecule has 0 saturated heterocycles. The van der Waals surface area contributed by atoms with E-state index in [1.54, 1.807) is 12.3 Å². The van der Waals surface area contributed by atoms with Crippen LogP contribution in [0.5, 0.6) is 0 Å². The Kier molecular flexibility index (Phi) is 4.24. The summed E-state index contributed by atoms with van der Waals surface area (Å²) in [5.41, 5.74) is 4.07. The maximum atomic E-state index is 12.4. The van der Waals surface area contributed by atoms with Crippen molar-refractivity contribution in [1.82, 2.24) is 4.98 Å². The molecule has 0 radical (unpaired) electrons. The average molecular weight is 305 g/mol. The predicted octanol–water partition coefficient (Wildman–Crippen LogP) is 4.03. The Bertz CT molecular complexity index is 778. The van der Waals surface area contributed by atoms with Gasteiger partial charge in [0.25, 0.3) is 5.91 Å². The summed E-state index contributed by atoms with van der Waals surface area (Å²) in [7, 11) is 0. The second-order valence-electron chi connectivity index (χ2n) is 5.58. The number of aromatic nitrogens is 1. The average Bonchev–Trinajstić information content (AvgIpc) is 2.56. The summed E-state index contributed by atoms with van der Waals surface area (Å²) in [5, 5.41) is 2.84. The van der Waals surface area contributed by atoms with Gasteiger partial charge >= 0.3 is 0 Å². The number of hydrogen-bond donors (Lipinski definition) is 1. The SMILES string of the molecule is CC1=CCC(C(=O)Nc2ccccn2)=CN1c1cccc(C)c1. The zero-order valence-electron chi connectivity index (χ0n) is 13.3. The number of nitrogens with zero attached hydrogens (tertiary/aromatic N) is 2. The quantitative estimate of drug-likeness (QED) is 0.931. The van der Waals surface area contributed by atoms with Crippen molar-refractivity contribution in [3.63, 3.8) is 0 Å². The van der Waals surface area contributed by atoms with Crippen LogP contribution in [0.2, 0.25) is 0 Å². The lowest BCUT2D eigenvalue weighted by Crippen LogP contribution is -2.23. The van der Waals surface area contributed by atoms with Crippen LogP contribution < -0.4 is 10.2 Å². The lowest BCUT2D eigenvalue weighted by atomic mass is 10.1. The van der Waals surface area contributed by atoms with E-state index in [0.29, 0.717) is 17.8 Å². The maximum Gasteiger partial charge on any atom is 0.254 e. The highest BCUT2D eigenvalue weighted by Gasteiger charge is 2.17. The van der Waals surface area contributed by atoms with E-state index < -0.39 is 0 Å². The van der Waals surface area contributed by atoms with Crippen molar-refractivity contribution in [2.24, 2.45) is 0 Å². The van der Waals surface area contributed by atoms with E-state index in [1.165, 1.54) is 5.56 Å². The van der Waals surface area contributed by atoms with Gasteiger partial charge in [-0.1, -0.05) is 24.3 Å². The Morgan fingerprint density at radius 1 is 1.17 bits per heavy atom. The molecule has 0 atom stereocenters. The highest BCUT2D eigenvalue weighted by Crippen LogP contribution is 2.26. The van der Waals surface area contributed by atoms with Crippen LogP contribution in [0.3, 0.4) is 0 Å². The van der Waals surface area contributed by atoms with Crippen LogP contribution in [0, 0.1) is 6.92 Å². The number of nitrogens with one attached hydrogen (secondary N) is 1. The number of carbonyl (C=O) groups excluding carboxylic acids is 1. The lowest BCUT2D eigenvalue weighted by Gasteiger charge is -2.26. The number of allylic oxidation sites excluding steroid dienone is 2. The number of hydrogen-bond acceptors (Lipinski definition) is 3. The molecule has 1 aromatic carbocycles. The van der Waals surface area contributed by atoms with Gasteiger partial charge < -0.3 is 10.2 Å². The predicted molar refractivity (Wildman–Crippen MR) is 93.0 cm³/mol. The van der Waals surface area contributed by atoms with Crippen LogP contribution >= 0.6 is 0 Å². The Balaban J connectivity index is 1.83. The van der Waals surface area contributed by atoms with Crippen molar-refractivity contribution < 1.29 is 4.79 Å². The van der Waals surface area contributed by atoms with Gasteiger partial charge in [-0.15, -0.1) is 0 Å². The van der Waals surface area contributed by atoms with Crippen molar-refractivity contribution in [3.8, 4) is 0 Å². The fourth-order valence-corrected chi connectivity index (χ4v) is 2.51. The monoisotopic (exact) mass is 305 g/mol. The van der Waals surface area contributed by atoms with Gasteiger partial charge in [-0.05, 0) is 50.1 Å². The number of pyridine rings is 1. The van der Waals surface area contributed by atoms with E-state index in [9.17, 15) is 4.79 Å². The van der Waals surface area contributed by atoms with Gasteiger partial charge in [0, 0.05) is 29.4 Å². The first-order chi connectivity index (χ1) is 11.1. The lowest BCUT2D eigenvalue weighted by molar-refractivity contribution is -0.113. The standard InChI is InChI=1S/C19H19N3O/c1-14-6-5-7-17(12-14)22-13-16(10-9-15(22)2)19(23)21-18-8-3-4-11-20-18/h3-9,11-13H,10H2,1-2H3,(H,20,21,23). The number of amides is 1. The minimum absolute atomic E-state index is 0.120. The molecule has 1 aliphatic rings. The molecule has 1 amide bonds. The summed E-state index contributed by atoms with van der Waals surface area (Å²) >= 11 is 0. The van der Waals surface area contributed by atoms with Crippen LogP contribution in [-0.4, -0.2) is 10.9 Å². The molecular weight excluding hydrogens is 286 g/mol. The first-order valence-electron chi connectivity index (χ1n) is 7.59. The number of rotatable bonds is 3. The molecule has 1 N–H and O–H groups in total. The summed E-state index contributed by atoms with van der Waals surface area (Å²) in [6.45, 7) is 4.11. The molecule has 0 spiro atoms. The molecule has 0 saturated carbocycles. The van der Waals surface area contributed by atoms with E-state index in [4.69, 9.17) is 0 Å². The zero-order valence-corrected chi connectivity index (χ0v) is 13.3. The molecule has 0 fully saturated rings. The second kappa shape index (κ2) is 6.48. The van der Waals surface area contributed by atoms with E-state index in [-0.39, 0.29) is 5.91 Å². The van der Waals surface area contributed by atoms with Crippen LogP contribution in [0.1, 0.15) is 18.9 Å². The Labute approximate surface area is 136 Å². The molecule has 1 aliphatic heterocycles. The summed E-state index contributed by atoms with van der Waals surface area (Å²) in [5.74, 6) is 0.442. The summed E-state index contributed by atoms with van der Waals surface area (Å²) in [6.07, 6.45) is 6.25. The smallest absolute Gasteiger partial charge is 0.254 e. The van der Waals surface area contributed by atoms with Crippen molar-refractivity contribution in [2.75, 3.05) is 10.2 Å². The molecule has 0 aliphatic carbocycles. The number of benzene rings is 1. The maximum absolute atomic E-state index is 12.4. The molecule has 23 heavy (non-hydrogen) atoms. The van der Waals surface area contributed by atoms with Gasteiger partial charge in [0.15, 0.2) is 0 Å². The first-order valence-corrected chi connectivity index (χ1v) is 7.59. The Hall–Kier alpha value is -2.88. The van der Waals surface area contributed by atoms with E-state index in [0.717, 1.165) is 11.4 Å². The number of aryl methyl sites for hydroxylation is 1. The molecule has 2 aromatic rings. The Morgan fingerprint density at radius 2 is 2.04 bits per heavy atom. The van der Waals surface area contributed by atoms with Crippen LogP contribution in [0.4, 0.5) is 11.5 Å². The summed E-state index contributed by atoms with van der Waals surface area (Å²) in [4.78, 5) is 18.6. The molecule has 2 heterocycles. The van der Waals surface area contributed by atoms with Crippen molar-refractivity contribution in [2.45, 2.75) is 20.3 Å². The third-order valence-electron chi connectivity index (χ3n) is 3.76. The van der Waals surface area contributed by atoms with E-state index in [2.05, 4.69) is 35.4 Å². The molecule has 0 unspecified atom stereocenters. The van der Waals surface area contributed by atoms with Crippen molar-refractivity contribution in [3.05, 3.63) is 77.8 Å². The van der Waals surface area contributed by atoms with Crippen molar-refractivity contribution >= 4 is 17.4 Å². The molecule has 1 aromatic heterocycles. The highest BCUT2D eigenvalue weighted by atomic mass is 16.1. The van der Waals surface area contributed by atoms with Gasteiger partial charge in [-0.2, -0.15) is 0 Å². The Morgan fingerprint density at radius 3 is 2.78 bits per heavy atom. The van der Waals surface area contributed by atoms with Crippen LogP contribution in [0.25, 0.3) is 0 Å². The fraction of sp³-hybridized carbons (Fsp3) is 0.158. The van der Waals surface area contributed by atoms with E-state index >= 15 is 0 Å². The van der Waals surface area contributed by atoms with Gasteiger partial charge in [-0.3, -0.25) is 4.79 Å². The van der Waals surface area contributed by atoms with Crippen LogP contribution in [-0.2, 0) is 4.79 Å². The number of anilines is 2. The summed E-state index contributed by atoms with van der Waals surface area (Å²) < 4.78 is 0. The fourth-order valence-electron chi connectivity index (χ4n) is 2.51. The van der Waals surface area contributed by atoms with Gasteiger partial charge in [0.2, 0.25) is 0 Å². The third kappa shape index (κ3) is 3.48. The normalized spacial score (nSPS) is 14.1. The molecule has 116 valence electrons. The number of carbonyl (C=O) groups is 1. The van der Waals surface area contributed by atoms with Crippen LogP contribution in [0.15, 0.2) is 72.2 Å². The molecule has 4 nitrogen and oxygen atoms in total. The topological polar surface area (TPSA) is 45.2 Å². The molecule has 0 bridgehead atoms. The molecule has 3 rings (SSSR count). The minimum Gasteiger partial charge on any atom is -0.321 e. The van der Waals surface area contributed by atoms with Gasteiger partial charge in [-0.25, -0.2) is 4.98 Å². The zero-order chi connectivity index (χ0) is 16.2. The highest BCUT2D eigenvalue weighted by molar-refractivity contribution is 6.04. The first kappa shape index (κ1) is 15.0. The van der Waals surface area contributed by atoms with E-state index in [1.807, 2.05) is 42.3 Å². The molecular formula is C19H19N3O. The van der Waals surface area contributed by atoms with Gasteiger partial charge in [0.05, 0.1) is 0 Å². The third-order valence-corrected chi connectivity index (χ3v) is 3.76.